The molecule has 0 saturated heterocycles. The van der Waals surface area contributed by atoms with Gasteiger partial charge >= 0.3 is 0 Å². The lowest BCUT2D eigenvalue weighted by Crippen LogP contribution is -2.36. The number of aromatic nitrogens is 1. The Morgan fingerprint density at radius 2 is 1.70 bits per heavy atom. The Morgan fingerprint density at radius 3 is 2.27 bits per heavy atom. The molecule has 0 aliphatic heterocycles. The highest BCUT2D eigenvalue weighted by Gasteiger charge is 2.25. The van der Waals surface area contributed by atoms with Crippen molar-refractivity contribution in [3.63, 3.8) is 0 Å². The van der Waals surface area contributed by atoms with Crippen LogP contribution >= 0.6 is 23.7 Å². The third-order valence-electron chi connectivity index (χ3n) is 5.32. The van der Waals surface area contributed by atoms with Gasteiger partial charge in [0, 0.05) is 31.7 Å². The molecule has 1 amide bonds. The van der Waals surface area contributed by atoms with E-state index in [1.807, 2.05) is 44.1 Å². The number of amides is 1. The molecule has 0 aliphatic carbocycles. The Labute approximate surface area is 229 Å². The Balaban J connectivity index is 0.00000481. The van der Waals surface area contributed by atoms with Crippen LogP contribution in [0, 0.1) is 0 Å². The van der Waals surface area contributed by atoms with Gasteiger partial charge in [-0.1, -0.05) is 29.6 Å². The number of sulfonamides is 1. The van der Waals surface area contributed by atoms with E-state index < -0.39 is 10.0 Å². The van der Waals surface area contributed by atoms with Gasteiger partial charge in [-0.2, -0.15) is 4.31 Å². The SMILES string of the molecule is C=CCN(CC=C)S(=O)(=O)c1ccc(C(=O)N(CCN(C)C)c2nc3c(OCC)cccc3s2)cc1.Cl. The average molecular weight is 565 g/mol. The molecule has 11 heteroatoms. The summed E-state index contributed by atoms with van der Waals surface area (Å²) in [5.41, 5.74) is 1.09. The topological polar surface area (TPSA) is 83.1 Å². The third-order valence-corrected chi connectivity index (χ3v) is 8.21. The number of anilines is 1. The van der Waals surface area contributed by atoms with Crippen LogP contribution in [0.2, 0.25) is 0 Å². The predicted molar refractivity (Wildman–Crippen MR) is 154 cm³/mol. The number of benzene rings is 2. The largest absolute Gasteiger partial charge is 0.492 e. The first-order valence-corrected chi connectivity index (χ1v) is 13.8. The number of para-hydroxylation sites is 1. The lowest BCUT2D eigenvalue weighted by molar-refractivity contribution is 0.0985. The number of carbonyl (C=O) groups excluding carboxylic acids is 1. The number of fused-ring (bicyclic) bond motifs is 1. The minimum Gasteiger partial charge on any atom is -0.492 e. The second-order valence-corrected chi connectivity index (χ2v) is 11.2. The van der Waals surface area contributed by atoms with Gasteiger partial charge in [0.15, 0.2) is 5.13 Å². The second kappa shape index (κ2) is 13.7. The third kappa shape index (κ3) is 7.18. The fraction of sp³-hybridized carbons (Fsp3) is 0.308. The maximum atomic E-state index is 13.6. The van der Waals surface area contributed by atoms with Crippen LogP contribution in [0.15, 0.2) is 72.7 Å². The zero-order valence-corrected chi connectivity index (χ0v) is 23.7. The highest BCUT2D eigenvalue weighted by molar-refractivity contribution is 7.89. The lowest BCUT2D eigenvalue weighted by atomic mass is 10.2. The van der Waals surface area contributed by atoms with Crippen molar-refractivity contribution >= 4 is 55.0 Å². The van der Waals surface area contributed by atoms with E-state index >= 15 is 0 Å². The summed E-state index contributed by atoms with van der Waals surface area (Å²) in [5, 5.41) is 0.559. The van der Waals surface area contributed by atoms with Crippen LogP contribution in [-0.4, -0.2) is 75.4 Å². The highest BCUT2D eigenvalue weighted by atomic mass is 35.5. The van der Waals surface area contributed by atoms with E-state index in [1.54, 1.807) is 4.90 Å². The smallest absolute Gasteiger partial charge is 0.260 e. The van der Waals surface area contributed by atoms with E-state index in [-0.39, 0.29) is 36.3 Å². The van der Waals surface area contributed by atoms with Crippen molar-refractivity contribution < 1.29 is 17.9 Å². The predicted octanol–water partition coefficient (Wildman–Crippen LogP) is 4.69. The summed E-state index contributed by atoms with van der Waals surface area (Å²) in [4.78, 5) is 22.1. The van der Waals surface area contributed by atoms with Gasteiger partial charge in [-0.3, -0.25) is 9.69 Å². The number of thiazole rings is 1. The molecule has 37 heavy (non-hydrogen) atoms. The number of nitrogens with zero attached hydrogens (tertiary/aromatic N) is 4. The summed E-state index contributed by atoms with van der Waals surface area (Å²) in [6.45, 7) is 11.1. The first kappa shape index (κ1) is 30.5. The molecular weight excluding hydrogens is 532 g/mol. The van der Waals surface area contributed by atoms with E-state index in [1.165, 1.54) is 52.1 Å². The maximum Gasteiger partial charge on any atom is 0.260 e. The van der Waals surface area contributed by atoms with Crippen LogP contribution in [0.4, 0.5) is 5.13 Å². The van der Waals surface area contributed by atoms with Gasteiger partial charge in [0.2, 0.25) is 10.0 Å². The molecule has 8 nitrogen and oxygen atoms in total. The lowest BCUT2D eigenvalue weighted by Gasteiger charge is -2.22. The van der Waals surface area contributed by atoms with Crippen LogP contribution in [0.3, 0.4) is 0 Å². The van der Waals surface area contributed by atoms with Crippen molar-refractivity contribution in [1.29, 1.82) is 0 Å². The van der Waals surface area contributed by atoms with Gasteiger partial charge in [0.1, 0.15) is 11.3 Å². The van der Waals surface area contributed by atoms with Crippen LogP contribution < -0.4 is 9.64 Å². The Hall–Kier alpha value is -2.76. The van der Waals surface area contributed by atoms with E-state index in [4.69, 9.17) is 9.72 Å². The van der Waals surface area contributed by atoms with Crippen molar-refractivity contribution in [3.8, 4) is 5.75 Å². The van der Waals surface area contributed by atoms with E-state index in [2.05, 4.69) is 13.2 Å². The monoisotopic (exact) mass is 564 g/mol. The number of hydrogen-bond acceptors (Lipinski definition) is 7. The molecule has 0 unspecified atom stereocenters. The fourth-order valence-corrected chi connectivity index (χ4v) is 5.91. The summed E-state index contributed by atoms with van der Waals surface area (Å²) in [6.07, 6.45) is 3.05. The average Bonchev–Trinajstić information content (AvgIpc) is 3.29. The second-order valence-electron chi connectivity index (χ2n) is 8.22. The standard InChI is InChI=1S/C26H32N4O4S2.ClH/c1-6-16-29(17-7-2)36(32,33)21-14-12-20(13-15-21)25(31)30(19-18-28(4)5)26-27-24-22(34-8-3)10-9-11-23(24)35-26;/h6-7,9-15H,1-2,8,16-19H2,3-5H3;1H. The van der Waals surface area contributed by atoms with Gasteiger partial charge in [0.25, 0.3) is 5.91 Å². The first-order chi connectivity index (χ1) is 17.2. The number of likely N-dealkylation sites (N-methyl/N-ethyl adjacent to an activating group) is 1. The molecule has 0 fully saturated rings. The molecule has 0 saturated carbocycles. The minimum absolute atomic E-state index is 0. The first-order valence-electron chi connectivity index (χ1n) is 11.5. The van der Waals surface area contributed by atoms with Crippen LogP contribution in [0.5, 0.6) is 5.75 Å². The summed E-state index contributed by atoms with van der Waals surface area (Å²) in [6, 6.07) is 11.7. The number of hydrogen-bond donors (Lipinski definition) is 0. The van der Waals surface area contributed by atoms with Crippen LogP contribution in [-0.2, 0) is 10.0 Å². The van der Waals surface area contributed by atoms with Crippen molar-refractivity contribution in [2.24, 2.45) is 0 Å². The van der Waals surface area contributed by atoms with Gasteiger partial charge < -0.3 is 9.64 Å². The van der Waals surface area contributed by atoms with Gasteiger partial charge in [-0.05, 0) is 57.4 Å². The highest BCUT2D eigenvalue weighted by Crippen LogP contribution is 2.35. The maximum absolute atomic E-state index is 13.6. The molecule has 3 rings (SSSR count). The number of halogens is 1. The molecule has 0 bridgehead atoms. The Bertz CT molecular complexity index is 1310. The van der Waals surface area contributed by atoms with E-state index in [0.29, 0.717) is 41.7 Å². The van der Waals surface area contributed by atoms with Gasteiger partial charge in [-0.15, -0.1) is 25.6 Å². The molecule has 0 N–H and O–H groups in total. The molecule has 0 aliphatic rings. The summed E-state index contributed by atoms with van der Waals surface area (Å²) >= 11 is 1.42. The number of ether oxygens (including phenoxy) is 1. The molecule has 1 heterocycles. The van der Waals surface area contributed by atoms with E-state index in [9.17, 15) is 13.2 Å². The van der Waals surface area contributed by atoms with Crippen molar-refractivity contribution in [2.75, 3.05) is 51.8 Å². The van der Waals surface area contributed by atoms with Crippen LogP contribution in [0.1, 0.15) is 17.3 Å². The normalized spacial score (nSPS) is 11.4. The molecular formula is C26H33ClN4O4S2. The zero-order chi connectivity index (χ0) is 26.3. The molecule has 0 atom stereocenters. The quantitative estimate of drug-likeness (QED) is 0.280. The number of rotatable bonds is 13. The van der Waals surface area contributed by atoms with Crippen molar-refractivity contribution in [2.45, 2.75) is 11.8 Å². The summed E-state index contributed by atoms with van der Waals surface area (Å²) in [5.74, 6) is 0.419. The van der Waals surface area contributed by atoms with Crippen molar-refractivity contribution in [1.82, 2.24) is 14.2 Å². The zero-order valence-electron chi connectivity index (χ0n) is 21.3. The van der Waals surface area contributed by atoms with E-state index in [0.717, 1.165) is 4.70 Å². The molecule has 2 aromatic carbocycles. The fourth-order valence-electron chi connectivity index (χ4n) is 3.52. The molecule has 0 spiro atoms. The van der Waals surface area contributed by atoms with Crippen molar-refractivity contribution in [3.05, 3.63) is 73.3 Å². The molecule has 200 valence electrons. The number of carbonyl (C=O) groups is 1. The minimum atomic E-state index is -3.75. The summed E-state index contributed by atoms with van der Waals surface area (Å²) in [7, 11) is 0.119. The molecule has 3 aromatic rings. The molecule has 0 radical (unpaired) electrons. The van der Waals surface area contributed by atoms with Gasteiger partial charge in [0.05, 0.1) is 16.2 Å². The van der Waals surface area contributed by atoms with Crippen LogP contribution in [0.25, 0.3) is 10.2 Å². The Morgan fingerprint density at radius 1 is 1.05 bits per heavy atom. The van der Waals surface area contributed by atoms with Gasteiger partial charge in [-0.25, -0.2) is 13.4 Å². The molecule has 1 aromatic heterocycles. The Kier molecular flexibility index (Phi) is 11.3. The summed E-state index contributed by atoms with van der Waals surface area (Å²) < 4.78 is 33.9.